The van der Waals surface area contributed by atoms with Crippen LogP contribution in [0.15, 0.2) is 18.2 Å². The molecule has 2 aliphatic rings. The van der Waals surface area contributed by atoms with Crippen molar-refractivity contribution in [1.29, 1.82) is 0 Å². The molecule has 1 spiro atoms. The first kappa shape index (κ1) is 14.2. The van der Waals surface area contributed by atoms with Crippen LogP contribution in [0.3, 0.4) is 0 Å². The maximum Gasteiger partial charge on any atom is 0.134 e. The Morgan fingerprint density at radius 3 is 2.40 bits per heavy atom. The van der Waals surface area contributed by atoms with E-state index in [2.05, 4.69) is 4.90 Å². The van der Waals surface area contributed by atoms with Gasteiger partial charge < -0.3 is 5.11 Å². The molecule has 2 fully saturated rings. The highest BCUT2D eigenvalue weighted by atomic mass is 35.5. The van der Waals surface area contributed by atoms with Gasteiger partial charge in [0.05, 0.1) is 5.02 Å². The molecule has 0 amide bonds. The lowest BCUT2D eigenvalue weighted by Gasteiger charge is -2.44. The Labute approximate surface area is 126 Å². The van der Waals surface area contributed by atoms with Crippen LogP contribution in [0, 0.1) is 5.41 Å². The molecule has 1 N–H and O–H groups in total. The zero-order valence-corrected chi connectivity index (χ0v) is 12.8. The number of hydrogen-bond donors (Lipinski definition) is 1. The zero-order valence-electron chi connectivity index (χ0n) is 12.1. The van der Waals surface area contributed by atoms with Gasteiger partial charge in [0.1, 0.15) is 5.75 Å². The number of benzene rings is 1. The predicted molar refractivity (Wildman–Crippen MR) is 83.1 cm³/mol. The summed E-state index contributed by atoms with van der Waals surface area (Å²) in [7, 11) is 0. The van der Waals surface area contributed by atoms with Gasteiger partial charge in [-0.2, -0.15) is 0 Å². The maximum atomic E-state index is 9.47. The molecular weight excluding hydrogens is 270 g/mol. The molecule has 0 bridgehead atoms. The Hall–Kier alpha value is -0.730. The number of nitrogens with zero attached hydrogens (tertiary/aromatic N) is 1. The lowest BCUT2D eigenvalue weighted by Crippen LogP contribution is -2.40. The first-order chi connectivity index (χ1) is 9.67. The SMILES string of the molecule is Oc1ccc(CN2CCC3(CCCCC3)CC2)cc1Cl. The number of piperidine rings is 1. The molecule has 1 saturated carbocycles. The van der Waals surface area contributed by atoms with Gasteiger partial charge in [0.2, 0.25) is 0 Å². The third kappa shape index (κ3) is 3.12. The summed E-state index contributed by atoms with van der Waals surface area (Å²) in [5.41, 5.74) is 1.87. The third-order valence-corrected chi connectivity index (χ3v) is 5.55. The Bertz CT molecular complexity index is 458. The molecule has 3 heteroatoms. The highest BCUT2D eigenvalue weighted by Gasteiger charge is 2.35. The van der Waals surface area contributed by atoms with Gasteiger partial charge in [-0.25, -0.2) is 0 Å². The first-order valence-corrected chi connectivity index (χ1v) is 8.25. The minimum Gasteiger partial charge on any atom is -0.506 e. The molecule has 3 rings (SSSR count). The number of rotatable bonds is 2. The Kier molecular flexibility index (Phi) is 4.23. The van der Waals surface area contributed by atoms with E-state index in [1.165, 1.54) is 63.6 Å². The minimum atomic E-state index is 0.176. The molecule has 1 aromatic carbocycles. The number of aromatic hydroxyl groups is 1. The molecule has 1 aliphatic heterocycles. The van der Waals surface area contributed by atoms with Crippen molar-refractivity contribution in [1.82, 2.24) is 4.90 Å². The van der Waals surface area contributed by atoms with E-state index in [9.17, 15) is 5.11 Å². The molecule has 0 atom stereocenters. The van der Waals surface area contributed by atoms with E-state index in [0.717, 1.165) is 6.54 Å². The monoisotopic (exact) mass is 293 g/mol. The summed E-state index contributed by atoms with van der Waals surface area (Å²) in [5.74, 6) is 0.176. The van der Waals surface area contributed by atoms with Crippen molar-refractivity contribution >= 4 is 11.6 Å². The molecule has 0 unspecified atom stereocenters. The van der Waals surface area contributed by atoms with E-state index >= 15 is 0 Å². The topological polar surface area (TPSA) is 23.5 Å². The fraction of sp³-hybridized carbons (Fsp3) is 0.647. The third-order valence-electron chi connectivity index (χ3n) is 5.25. The highest BCUT2D eigenvalue weighted by molar-refractivity contribution is 6.32. The summed E-state index contributed by atoms with van der Waals surface area (Å²) in [6, 6.07) is 5.57. The molecule has 1 aromatic rings. The van der Waals surface area contributed by atoms with Crippen LogP contribution < -0.4 is 0 Å². The van der Waals surface area contributed by atoms with Crippen LogP contribution in [0.1, 0.15) is 50.5 Å². The standard InChI is InChI=1S/C17H24ClNO/c18-15-12-14(4-5-16(15)20)13-19-10-8-17(9-11-19)6-2-1-3-7-17/h4-5,12,20H,1-3,6-11,13H2. The lowest BCUT2D eigenvalue weighted by atomic mass is 9.68. The molecule has 110 valence electrons. The largest absolute Gasteiger partial charge is 0.506 e. The highest BCUT2D eigenvalue weighted by Crippen LogP contribution is 2.44. The average molecular weight is 294 g/mol. The van der Waals surface area contributed by atoms with E-state index < -0.39 is 0 Å². The van der Waals surface area contributed by atoms with Crippen LogP contribution in [0.4, 0.5) is 0 Å². The smallest absolute Gasteiger partial charge is 0.134 e. The van der Waals surface area contributed by atoms with Gasteiger partial charge in [0, 0.05) is 6.54 Å². The molecule has 0 aromatic heterocycles. The van der Waals surface area contributed by atoms with Crippen molar-refractivity contribution in [3.05, 3.63) is 28.8 Å². The second-order valence-electron chi connectivity index (χ2n) is 6.62. The molecular formula is C17H24ClNO. The minimum absolute atomic E-state index is 0.176. The van der Waals surface area contributed by atoms with Gasteiger partial charge in [-0.05, 0) is 61.9 Å². The van der Waals surface area contributed by atoms with Crippen molar-refractivity contribution in [2.24, 2.45) is 5.41 Å². The van der Waals surface area contributed by atoms with Crippen LogP contribution in [-0.2, 0) is 6.54 Å². The second kappa shape index (κ2) is 5.95. The van der Waals surface area contributed by atoms with Gasteiger partial charge in [-0.1, -0.05) is 36.9 Å². The van der Waals surface area contributed by atoms with Crippen LogP contribution >= 0.6 is 11.6 Å². The molecule has 1 heterocycles. The van der Waals surface area contributed by atoms with Crippen LogP contribution in [0.5, 0.6) is 5.75 Å². The molecule has 1 aliphatic carbocycles. The van der Waals surface area contributed by atoms with E-state index in [1.54, 1.807) is 6.07 Å². The number of phenols is 1. The van der Waals surface area contributed by atoms with Crippen LogP contribution in [-0.4, -0.2) is 23.1 Å². The van der Waals surface area contributed by atoms with Gasteiger partial charge in [0.15, 0.2) is 0 Å². The van der Waals surface area contributed by atoms with Crippen molar-refractivity contribution in [3.63, 3.8) is 0 Å². The summed E-state index contributed by atoms with van der Waals surface area (Å²) in [4.78, 5) is 2.53. The van der Waals surface area contributed by atoms with Gasteiger partial charge in [0.25, 0.3) is 0 Å². The summed E-state index contributed by atoms with van der Waals surface area (Å²) in [5, 5.41) is 9.93. The zero-order chi connectivity index (χ0) is 14.0. The lowest BCUT2D eigenvalue weighted by molar-refractivity contribution is 0.0641. The Morgan fingerprint density at radius 2 is 1.75 bits per heavy atom. The van der Waals surface area contributed by atoms with E-state index in [0.29, 0.717) is 10.4 Å². The fourth-order valence-electron chi connectivity index (χ4n) is 3.89. The summed E-state index contributed by atoms with van der Waals surface area (Å²) < 4.78 is 0. The molecule has 20 heavy (non-hydrogen) atoms. The number of phenolic OH excluding ortho intramolecular Hbond substituents is 1. The van der Waals surface area contributed by atoms with Gasteiger partial charge in [-0.15, -0.1) is 0 Å². The van der Waals surface area contributed by atoms with Crippen molar-refractivity contribution in [2.75, 3.05) is 13.1 Å². The second-order valence-corrected chi connectivity index (χ2v) is 7.03. The maximum absolute atomic E-state index is 9.47. The van der Waals surface area contributed by atoms with Crippen LogP contribution in [0.2, 0.25) is 5.02 Å². The van der Waals surface area contributed by atoms with E-state index in [1.807, 2.05) is 12.1 Å². The van der Waals surface area contributed by atoms with Crippen molar-refractivity contribution in [3.8, 4) is 5.75 Å². The summed E-state index contributed by atoms with van der Waals surface area (Å²) in [6.07, 6.45) is 9.94. The number of hydrogen-bond acceptors (Lipinski definition) is 2. The quantitative estimate of drug-likeness (QED) is 0.862. The molecule has 2 nitrogen and oxygen atoms in total. The van der Waals surface area contributed by atoms with Crippen molar-refractivity contribution in [2.45, 2.75) is 51.5 Å². The average Bonchev–Trinajstić information content (AvgIpc) is 2.47. The number of halogens is 1. The van der Waals surface area contributed by atoms with Crippen molar-refractivity contribution < 1.29 is 5.11 Å². The predicted octanol–water partition coefficient (Wildman–Crippen LogP) is 4.59. The fourth-order valence-corrected chi connectivity index (χ4v) is 4.10. The summed E-state index contributed by atoms with van der Waals surface area (Å²) in [6.45, 7) is 3.37. The van der Waals surface area contributed by atoms with E-state index in [4.69, 9.17) is 11.6 Å². The Morgan fingerprint density at radius 1 is 1.05 bits per heavy atom. The molecule has 0 radical (unpaired) electrons. The van der Waals surface area contributed by atoms with E-state index in [-0.39, 0.29) is 5.75 Å². The van der Waals surface area contributed by atoms with Gasteiger partial charge in [-0.3, -0.25) is 4.90 Å². The van der Waals surface area contributed by atoms with Gasteiger partial charge >= 0.3 is 0 Å². The molecule has 1 saturated heterocycles. The number of likely N-dealkylation sites (tertiary alicyclic amines) is 1. The normalized spacial score (nSPS) is 23.1. The van der Waals surface area contributed by atoms with Crippen LogP contribution in [0.25, 0.3) is 0 Å². The Balaban J connectivity index is 1.56. The first-order valence-electron chi connectivity index (χ1n) is 7.87. The summed E-state index contributed by atoms with van der Waals surface area (Å²) >= 11 is 5.98.